The topological polar surface area (TPSA) is 117 Å². The number of carbonyl (C=O) groups is 2. The Kier molecular flexibility index (Phi) is 10.3. The van der Waals surface area contributed by atoms with Crippen LogP contribution in [0.25, 0.3) is 0 Å². The van der Waals surface area contributed by atoms with E-state index in [2.05, 4.69) is 4.98 Å². The zero-order valence-electron chi connectivity index (χ0n) is 22.3. The van der Waals surface area contributed by atoms with Gasteiger partial charge in [0.1, 0.15) is 28.0 Å². The molecule has 0 spiro atoms. The van der Waals surface area contributed by atoms with E-state index in [-0.39, 0.29) is 24.6 Å². The van der Waals surface area contributed by atoms with Gasteiger partial charge >= 0.3 is 0 Å². The van der Waals surface area contributed by atoms with Gasteiger partial charge in [0.2, 0.25) is 10.0 Å². The first-order valence-corrected chi connectivity index (χ1v) is 14.6. The number of ether oxygens (including phenoxy) is 1. The first kappa shape index (κ1) is 30.4. The van der Waals surface area contributed by atoms with Crippen LogP contribution in [0.5, 0.6) is 5.75 Å². The normalized spacial score (nSPS) is 12.4. The second-order valence-electron chi connectivity index (χ2n) is 9.10. The molecule has 0 saturated carbocycles. The van der Waals surface area contributed by atoms with Gasteiger partial charge in [-0.3, -0.25) is 9.59 Å². The Balaban J connectivity index is 1.81. The number of hydrogen-bond donors (Lipinski definition) is 1. The molecule has 3 rings (SSSR count). The minimum atomic E-state index is -3.77. The fourth-order valence-corrected chi connectivity index (χ4v) is 5.53. The average Bonchev–Trinajstić information content (AvgIpc) is 3.28. The molecular formula is C27H32FN3O6S2. The van der Waals surface area contributed by atoms with E-state index >= 15 is 0 Å². The Morgan fingerprint density at radius 3 is 2.41 bits per heavy atom. The van der Waals surface area contributed by atoms with Gasteiger partial charge in [-0.1, -0.05) is 30.3 Å². The molecule has 12 heteroatoms. The Morgan fingerprint density at radius 1 is 1.13 bits per heavy atom. The van der Waals surface area contributed by atoms with Crippen molar-refractivity contribution >= 4 is 33.1 Å². The Bertz CT molecular complexity index is 1410. The highest BCUT2D eigenvalue weighted by atomic mass is 32.2. The molecular weight excluding hydrogens is 545 g/mol. The van der Waals surface area contributed by atoms with Crippen LogP contribution in [0.2, 0.25) is 0 Å². The van der Waals surface area contributed by atoms with Crippen LogP contribution >= 0.6 is 11.3 Å². The molecule has 39 heavy (non-hydrogen) atoms. The lowest BCUT2D eigenvalue weighted by molar-refractivity contribution is -0.141. The lowest BCUT2D eigenvalue weighted by Crippen LogP contribution is -2.35. The summed E-state index contributed by atoms with van der Waals surface area (Å²) in [6, 6.07) is 12.9. The standard InChI is InChI=1S/C27H32FN3O6S2/c1-18-25(23(32)17-39(35,36)30(2)3)29-24(38-18)16-31(15-7-9-19-8-5-6-10-22(19)28)27(34)26(33)20-11-13-21(37-4)14-12-20/h5-6,8,10-14,26,33H,7,9,15-17H2,1-4H3/t26-/m1/s1. The molecule has 0 aliphatic carbocycles. The number of ketones is 1. The van der Waals surface area contributed by atoms with E-state index < -0.39 is 33.6 Å². The molecule has 0 unspecified atom stereocenters. The van der Waals surface area contributed by atoms with E-state index in [1.54, 1.807) is 49.4 Å². The fourth-order valence-electron chi connectivity index (χ4n) is 3.83. The van der Waals surface area contributed by atoms with Crippen molar-refractivity contribution in [2.75, 3.05) is 33.5 Å². The molecule has 210 valence electrons. The summed E-state index contributed by atoms with van der Waals surface area (Å²) in [6.45, 7) is 1.84. The predicted molar refractivity (Wildman–Crippen MR) is 147 cm³/mol. The minimum absolute atomic E-state index is 0.0114. The number of amides is 1. The van der Waals surface area contributed by atoms with Gasteiger partial charge in [0, 0.05) is 25.5 Å². The highest BCUT2D eigenvalue weighted by Gasteiger charge is 2.27. The smallest absolute Gasteiger partial charge is 0.256 e. The number of halogens is 1. The first-order chi connectivity index (χ1) is 18.4. The number of aliphatic hydroxyl groups is 1. The second kappa shape index (κ2) is 13.2. The number of hydrogen-bond acceptors (Lipinski definition) is 8. The molecule has 9 nitrogen and oxygen atoms in total. The molecule has 0 radical (unpaired) electrons. The molecule has 0 fully saturated rings. The third kappa shape index (κ3) is 7.91. The largest absolute Gasteiger partial charge is 0.497 e. The first-order valence-electron chi connectivity index (χ1n) is 12.2. The highest BCUT2D eigenvalue weighted by Crippen LogP contribution is 2.24. The van der Waals surface area contributed by atoms with Crippen LogP contribution in [0.15, 0.2) is 48.5 Å². The summed E-state index contributed by atoms with van der Waals surface area (Å²) >= 11 is 1.18. The van der Waals surface area contributed by atoms with Gasteiger partial charge in [0.05, 0.1) is 13.7 Å². The quantitative estimate of drug-likeness (QED) is 0.310. The number of methoxy groups -OCH3 is 1. The van der Waals surface area contributed by atoms with Crippen molar-refractivity contribution in [3.8, 4) is 5.75 Å². The van der Waals surface area contributed by atoms with Gasteiger partial charge < -0.3 is 14.7 Å². The maximum atomic E-state index is 14.1. The summed E-state index contributed by atoms with van der Waals surface area (Å²) in [5, 5.41) is 11.3. The van der Waals surface area contributed by atoms with Crippen LogP contribution in [-0.2, 0) is 27.8 Å². The predicted octanol–water partition coefficient (Wildman–Crippen LogP) is 3.37. The van der Waals surface area contributed by atoms with E-state index in [1.807, 2.05) is 0 Å². The number of thiazole rings is 1. The van der Waals surface area contributed by atoms with Gasteiger partial charge in [0.25, 0.3) is 5.91 Å². The van der Waals surface area contributed by atoms with Crippen molar-refractivity contribution in [2.24, 2.45) is 0 Å². The third-order valence-electron chi connectivity index (χ3n) is 6.11. The van der Waals surface area contributed by atoms with Crippen molar-refractivity contribution in [3.05, 3.63) is 81.1 Å². The van der Waals surface area contributed by atoms with E-state index in [4.69, 9.17) is 4.74 Å². The van der Waals surface area contributed by atoms with Crippen molar-refractivity contribution < 1.29 is 32.2 Å². The SMILES string of the molecule is COc1ccc([C@@H](O)C(=O)N(CCCc2ccccc2F)Cc2nc(C(=O)CS(=O)(=O)N(C)C)c(C)s2)cc1. The molecule has 1 N–H and O–H groups in total. The molecule has 0 bridgehead atoms. The number of carbonyl (C=O) groups excluding carboxylic acids is 2. The molecule has 1 atom stereocenters. The van der Waals surface area contributed by atoms with Gasteiger partial charge in [-0.25, -0.2) is 22.1 Å². The van der Waals surface area contributed by atoms with Gasteiger partial charge in [0.15, 0.2) is 11.9 Å². The summed E-state index contributed by atoms with van der Waals surface area (Å²) in [4.78, 5) is 32.4. The fraction of sp³-hybridized carbons (Fsp3) is 0.370. The number of benzene rings is 2. The summed E-state index contributed by atoms with van der Waals surface area (Å²) < 4.78 is 44.6. The van der Waals surface area contributed by atoms with E-state index in [9.17, 15) is 27.5 Å². The van der Waals surface area contributed by atoms with E-state index in [0.717, 1.165) is 4.31 Å². The van der Waals surface area contributed by atoms with Crippen molar-refractivity contribution in [1.82, 2.24) is 14.2 Å². The van der Waals surface area contributed by atoms with Crippen LogP contribution in [0.3, 0.4) is 0 Å². The number of aliphatic hydroxyl groups excluding tert-OH is 1. The maximum absolute atomic E-state index is 14.1. The monoisotopic (exact) mass is 577 g/mol. The number of nitrogens with zero attached hydrogens (tertiary/aromatic N) is 3. The maximum Gasteiger partial charge on any atom is 0.256 e. The number of Topliss-reactive ketones (excluding diaryl/α,β-unsaturated/α-hetero) is 1. The van der Waals surface area contributed by atoms with Crippen LogP contribution in [0, 0.1) is 12.7 Å². The summed E-state index contributed by atoms with van der Waals surface area (Å²) in [7, 11) is 0.442. The van der Waals surface area contributed by atoms with E-state index in [0.29, 0.717) is 39.6 Å². The zero-order chi connectivity index (χ0) is 28.7. The van der Waals surface area contributed by atoms with Gasteiger partial charge in [-0.2, -0.15) is 0 Å². The number of aryl methyl sites for hydroxylation is 2. The summed E-state index contributed by atoms with van der Waals surface area (Å²) in [6.07, 6.45) is -0.672. The molecule has 3 aromatic rings. The number of rotatable bonds is 13. The van der Waals surface area contributed by atoms with E-state index in [1.165, 1.54) is 43.5 Å². The van der Waals surface area contributed by atoms with Crippen molar-refractivity contribution in [3.63, 3.8) is 0 Å². The average molecular weight is 578 g/mol. The molecule has 1 amide bonds. The Hall–Kier alpha value is -3.19. The number of sulfonamides is 1. The summed E-state index contributed by atoms with van der Waals surface area (Å²) in [5.74, 6) is -1.69. The van der Waals surface area contributed by atoms with Crippen molar-refractivity contribution in [1.29, 1.82) is 0 Å². The van der Waals surface area contributed by atoms with Crippen LogP contribution in [0.1, 0.15) is 44.0 Å². The minimum Gasteiger partial charge on any atom is -0.497 e. The third-order valence-corrected chi connectivity index (χ3v) is 8.81. The number of aromatic nitrogens is 1. The van der Waals surface area contributed by atoms with Gasteiger partial charge in [-0.15, -0.1) is 11.3 Å². The van der Waals surface area contributed by atoms with Crippen molar-refractivity contribution in [2.45, 2.75) is 32.4 Å². The van der Waals surface area contributed by atoms with Crippen LogP contribution < -0.4 is 4.74 Å². The lowest BCUT2D eigenvalue weighted by atomic mass is 10.1. The molecule has 2 aromatic carbocycles. The highest BCUT2D eigenvalue weighted by molar-refractivity contribution is 7.89. The molecule has 1 aromatic heterocycles. The molecule has 0 aliphatic heterocycles. The Morgan fingerprint density at radius 2 is 1.79 bits per heavy atom. The van der Waals surface area contributed by atoms with Crippen LogP contribution in [0.4, 0.5) is 4.39 Å². The van der Waals surface area contributed by atoms with Crippen LogP contribution in [-0.4, -0.2) is 72.9 Å². The molecule has 0 saturated heterocycles. The lowest BCUT2D eigenvalue weighted by Gasteiger charge is -2.25. The Labute approximate surface area is 231 Å². The second-order valence-corrected chi connectivity index (χ2v) is 12.6. The zero-order valence-corrected chi connectivity index (χ0v) is 23.9. The molecule has 0 aliphatic rings. The summed E-state index contributed by atoms with van der Waals surface area (Å²) in [5.41, 5.74) is 0.926. The molecule has 1 heterocycles. The van der Waals surface area contributed by atoms with Gasteiger partial charge in [-0.05, 0) is 49.1 Å².